The van der Waals surface area contributed by atoms with Crippen molar-refractivity contribution in [2.45, 2.75) is 0 Å². The molecule has 0 aliphatic heterocycles. The molecule has 0 aliphatic rings. The average molecular weight is 731 g/mol. The molecule has 0 bridgehead atoms. The van der Waals surface area contributed by atoms with Crippen molar-refractivity contribution in [3.8, 4) is 51.0 Å². The van der Waals surface area contributed by atoms with Crippen molar-refractivity contribution in [2.24, 2.45) is 0 Å². The van der Waals surface area contributed by atoms with Gasteiger partial charge in [0.1, 0.15) is 22.3 Å². The second-order valence-corrected chi connectivity index (χ2v) is 14.4. The highest BCUT2D eigenvalue weighted by atomic mass is 16.3. The molecule has 6 heteroatoms. The molecule has 8 aromatic carbocycles. The smallest absolute Gasteiger partial charge is 0.167 e. The molecule has 0 saturated carbocycles. The maximum absolute atomic E-state index is 6.79. The van der Waals surface area contributed by atoms with E-state index in [4.69, 9.17) is 23.8 Å². The Bertz CT molecular complexity index is 3410. The summed E-state index contributed by atoms with van der Waals surface area (Å²) in [5.74, 6) is 1.77. The summed E-state index contributed by atoms with van der Waals surface area (Å²) in [6.45, 7) is 0. The highest BCUT2D eigenvalue weighted by Gasteiger charge is 2.20. The number of hydrogen-bond acceptors (Lipinski definition) is 5. The van der Waals surface area contributed by atoms with Crippen LogP contribution in [0.4, 0.5) is 0 Å². The summed E-state index contributed by atoms with van der Waals surface area (Å²) in [7, 11) is 0. The van der Waals surface area contributed by atoms with Crippen molar-refractivity contribution in [2.75, 3.05) is 0 Å². The van der Waals surface area contributed by atoms with Gasteiger partial charge in [-0.2, -0.15) is 0 Å². The SMILES string of the molecule is c1ccc(-c2nc(-c3ccccc3)nc(-c3cccc4c3oc3ccc(-c5cccc6c5oc5cc(-n7c8ccccc8c8ccccc87)ccc56)cc34)n2)cc1. The standard InChI is InChI=1S/C51H30N4O2/c1-3-13-31(14-4-1)49-52-50(32-15-5-2-6-16-32)54-51(53-49)41-22-12-21-40-42-29-33(25-28-45(42)56-48(40)41)35-19-11-20-39-38-27-26-34(30-46(38)57-47(35)39)55-43-23-9-7-17-36(43)37-18-8-10-24-44(37)55/h1-30H. The van der Waals surface area contributed by atoms with E-state index in [9.17, 15) is 0 Å². The molecular weight excluding hydrogens is 701 g/mol. The van der Waals surface area contributed by atoms with Crippen LogP contribution in [0.5, 0.6) is 0 Å². The Morgan fingerprint density at radius 2 is 0.877 bits per heavy atom. The molecule has 0 amide bonds. The fraction of sp³-hybridized carbons (Fsp3) is 0. The summed E-state index contributed by atoms with van der Waals surface area (Å²) < 4.78 is 15.8. The van der Waals surface area contributed by atoms with Gasteiger partial charge in [0.2, 0.25) is 0 Å². The number of rotatable bonds is 5. The molecule has 12 aromatic rings. The Morgan fingerprint density at radius 1 is 0.333 bits per heavy atom. The molecule has 6 nitrogen and oxygen atoms in total. The number of benzene rings is 8. The number of hydrogen-bond donors (Lipinski definition) is 0. The molecule has 0 atom stereocenters. The van der Waals surface area contributed by atoms with Crippen molar-refractivity contribution in [3.63, 3.8) is 0 Å². The van der Waals surface area contributed by atoms with E-state index in [1.807, 2.05) is 72.8 Å². The highest BCUT2D eigenvalue weighted by molar-refractivity contribution is 6.14. The Morgan fingerprint density at radius 3 is 1.56 bits per heavy atom. The lowest BCUT2D eigenvalue weighted by atomic mass is 10.00. The zero-order valence-electron chi connectivity index (χ0n) is 30.4. The van der Waals surface area contributed by atoms with E-state index < -0.39 is 0 Å². The lowest BCUT2D eigenvalue weighted by Gasteiger charge is -2.08. The molecule has 266 valence electrons. The van der Waals surface area contributed by atoms with Gasteiger partial charge in [-0.05, 0) is 48.0 Å². The predicted octanol–water partition coefficient (Wildman–Crippen LogP) is 13.4. The maximum Gasteiger partial charge on any atom is 0.167 e. The van der Waals surface area contributed by atoms with Gasteiger partial charge in [-0.1, -0.05) is 133 Å². The second kappa shape index (κ2) is 12.3. The Labute approximate surface area is 325 Å². The van der Waals surface area contributed by atoms with Gasteiger partial charge in [0.15, 0.2) is 17.5 Å². The lowest BCUT2D eigenvalue weighted by Crippen LogP contribution is -2.00. The van der Waals surface area contributed by atoms with Crippen LogP contribution >= 0.6 is 0 Å². The van der Waals surface area contributed by atoms with Crippen molar-refractivity contribution in [1.29, 1.82) is 0 Å². The number of furan rings is 2. The van der Waals surface area contributed by atoms with E-state index in [-0.39, 0.29) is 0 Å². The van der Waals surface area contributed by atoms with Crippen LogP contribution in [0.15, 0.2) is 191 Å². The van der Waals surface area contributed by atoms with Crippen molar-refractivity contribution < 1.29 is 8.83 Å². The molecule has 0 N–H and O–H groups in total. The molecule has 0 unspecified atom stereocenters. The Kier molecular flexibility index (Phi) is 6.83. The van der Waals surface area contributed by atoms with E-state index in [1.165, 1.54) is 21.8 Å². The monoisotopic (exact) mass is 730 g/mol. The van der Waals surface area contributed by atoms with Crippen molar-refractivity contribution in [1.82, 2.24) is 19.5 Å². The van der Waals surface area contributed by atoms with E-state index >= 15 is 0 Å². The number of fused-ring (bicyclic) bond motifs is 9. The zero-order valence-corrected chi connectivity index (χ0v) is 30.4. The van der Waals surface area contributed by atoms with E-state index in [2.05, 4.69) is 114 Å². The summed E-state index contributed by atoms with van der Waals surface area (Å²) in [6, 6.07) is 62.7. The maximum atomic E-state index is 6.79. The zero-order chi connectivity index (χ0) is 37.5. The van der Waals surface area contributed by atoms with Gasteiger partial charge in [0.05, 0.1) is 16.6 Å². The van der Waals surface area contributed by atoms with E-state index in [0.29, 0.717) is 17.5 Å². The van der Waals surface area contributed by atoms with Gasteiger partial charge in [-0.25, -0.2) is 15.0 Å². The molecule has 0 spiro atoms. The van der Waals surface area contributed by atoms with Crippen LogP contribution in [-0.2, 0) is 0 Å². The van der Waals surface area contributed by atoms with Crippen LogP contribution in [0.3, 0.4) is 0 Å². The minimum Gasteiger partial charge on any atom is -0.455 e. The van der Waals surface area contributed by atoms with Crippen LogP contribution in [-0.4, -0.2) is 19.5 Å². The number of aromatic nitrogens is 4. The normalized spacial score (nSPS) is 11.9. The van der Waals surface area contributed by atoms with Gasteiger partial charge in [0.25, 0.3) is 0 Å². The van der Waals surface area contributed by atoms with Crippen molar-refractivity contribution in [3.05, 3.63) is 182 Å². The fourth-order valence-electron chi connectivity index (χ4n) is 8.43. The third-order valence-electron chi connectivity index (χ3n) is 11.1. The molecule has 0 fully saturated rings. The van der Waals surface area contributed by atoms with Gasteiger partial charge in [0, 0.05) is 60.8 Å². The van der Waals surface area contributed by atoms with E-state index in [1.54, 1.807) is 0 Å². The summed E-state index contributed by atoms with van der Waals surface area (Å²) in [5, 5.41) is 6.62. The lowest BCUT2D eigenvalue weighted by molar-refractivity contribution is 0.668. The summed E-state index contributed by atoms with van der Waals surface area (Å²) in [6.07, 6.45) is 0. The molecule has 12 rings (SSSR count). The quantitative estimate of drug-likeness (QED) is 0.176. The van der Waals surface area contributed by atoms with Crippen LogP contribution in [0, 0.1) is 0 Å². The van der Waals surface area contributed by atoms with Crippen LogP contribution < -0.4 is 0 Å². The Hall–Kier alpha value is -7.83. The second-order valence-electron chi connectivity index (χ2n) is 14.4. The average Bonchev–Trinajstić information content (AvgIpc) is 3.96. The van der Waals surface area contributed by atoms with Crippen LogP contribution in [0.1, 0.15) is 0 Å². The van der Waals surface area contributed by atoms with E-state index in [0.717, 1.165) is 77.4 Å². The summed E-state index contributed by atoms with van der Waals surface area (Å²) >= 11 is 0. The van der Waals surface area contributed by atoms with Gasteiger partial charge < -0.3 is 13.4 Å². The molecule has 57 heavy (non-hydrogen) atoms. The first-order valence-corrected chi connectivity index (χ1v) is 19.0. The third kappa shape index (κ3) is 4.94. The predicted molar refractivity (Wildman–Crippen MR) is 230 cm³/mol. The summed E-state index contributed by atoms with van der Waals surface area (Å²) in [5.41, 5.74) is 11.3. The van der Waals surface area contributed by atoms with Crippen LogP contribution in [0.25, 0.3) is 117 Å². The highest BCUT2D eigenvalue weighted by Crippen LogP contribution is 2.41. The first-order valence-electron chi connectivity index (χ1n) is 19.0. The third-order valence-corrected chi connectivity index (χ3v) is 11.1. The van der Waals surface area contributed by atoms with Crippen LogP contribution in [0.2, 0.25) is 0 Å². The first kappa shape index (κ1) is 31.5. The molecule has 0 aliphatic carbocycles. The van der Waals surface area contributed by atoms with Gasteiger partial charge in [-0.3, -0.25) is 0 Å². The molecular formula is C51H30N4O2. The van der Waals surface area contributed by atoms with Crippen molar-refractivity contribution >= 4 is 65.7 Å². The summed E-state index contributed by atoms with van der Waals surface area (Å²) in [4.78, 5) is 14.9. The largest absolute Gasteiger partial charge is 0.455 e. The van der Waals surface area contributed by atoms with Gasteiger partial charge >= 0.3 is 0 Å². The minimum absolute atomic E-state index is 0.555. The van der Waals surface area contributed by atoms with Gasteiger partial charge in [-0.15, -0.1) is 0 Å². The molecule has 0 saturated heterocycles. The first-order chi connectivity index (χ1) is 28.2. The number of para-hydroxylation sites is 4. The number of nitrogens with zero attached hydrogens (tertiary/aromatic N) is 4. The molecule has 0 radical (unpaired) electrons. The minimum atomic E-state index is 0.555. The molecule has 4 aromatic heterocycles. The topological polar surface area (TPSA) is 69.9 Å². The molecule has 4 heterocycles. The fourth-order valence-corrected chi connectivity index (χ4v) is 8.43. The Balaban J connectivity index is 0.993.